The maximum Gasteiger partial charge on any atom is 0.472 e. The molecule has 2 aromatic carbocycles. The van der Waals surface area contributed by atoms with Crippen LogP contribution in [0.3, 0.4) is 0 Å². The molecule has 2 heterocycles. The van der Waals surface area contributed by atoms with Crippen molar-refractivity contribution >= 4 is 7.82 Å². The second-order valence-corrected chi connectivity index (χ2v) is 12.4. The molecular formula is C29H36NO6P. The molecule has 1 fully saturated rings. The van der Waals surface area contributed by atoms with E-state index in [9.17, 15) is 14.6 Å². The topological polar surface area (TPSA) is 88.5 Å². The Labute approximate surface area is 218 Å². The molecule has 2 aliphatic heterocycles. The average Bonchev–Trinajstić information content (AvgIpc) is 3.24. The number of aryl methyl sites for hydroxylation is 1. The zero-order valence-corrected chi connectivity index (χ0v) is 22.2. The summed E-state index contributed by atoms with van der Waals surface area (Å²) in [5.41, 5.74) is 3.21. The molecule has 6 unspecified atom stereocenters. The first kappa shape index (κ1) is 25.1. The maximum atomic E-state index is 12.9. The van der Waals surface area contributed by atoms with Crippen molar-refractivity contribution in [3.8, 4) is 11.5 Å². The fraction of sp³-hybridized carbons (Fsp3) is 0.517. The summed E-state index contributed by atoms with van der Waals surface area (Å²) >= 11 is 0. The first-order valence-electron chi connectivity index (χ1n) is 13.5. The van der Waals surface area contributed by atoms with Crippen molar-refractivity contribution in [2.24, 2.45) is 5.92 Å². The molecule has 0 aromatic heterocycles. The van der Waals surface area contributed by atoms with Gasteiger partial charge in [0.05, 0.1) is 6.61 Å². The number of phenolic OH excluding ortho intramolecular Hbond substituents is 1. The van der Waals surface area contributed by atoms with Crippen molar-refractivity contribution < 1.29 is 28.3 Å². The molecule has 6 rings (SSSR count). The molecule has 0 saturated carbocycles. The number of phosphoric ester groups is 1. The molecule has 2 N–H and O–H groups in total. The van der Waals surface area contributed by atoms with E-state index in [1.165, 1.54) is 11.1 Å². The molecule has 2 aliphatic carbocycles. The van der Waals surface area contributed by atoms with E-state index in [1.807, 2.05) is 18.2 Å². The monoisotopic (exact) mass is 525 g/mol. The van der Waals surface area contributed by atoms with Crippen LogP contribution in [0.2, 0.25) is 0 Å². The van der Waals surface area contributed by atoms with Gasteiger partial charge in [-0.25, -0.2) is 4.57 Å². The van der Waals surface area contributed by atoms with Gasteiger partial charge in [0, 0.05) is 22.9 Å². The predicted molar refractivity (Wildman–Crippen MR) is 141 cm³/mol. The number of likely N-dealkylation sites (N-methyl/N-ethyl adjacent to an activating group) is 1. The number of piperidine rings is 1. The Kier molecular flexibility index (Phi) is 6.70. The lowest BCUT2D eigenvalue weighted by atomic mass is 9.53. The van der Waals surface area contributed by atoms with Gasteiger partial charge in [0.1, 0.15) is 12.2 Å². The largest absolute Gasteiger partial charge is 0.504 e. The lowest BCUT2D eigenvalue weighted by Crippen LogP contribution is -2.65. The van der Waals surface area contributed by atoms with Crippen LogP contribution in [0.25, 0.3) is 0 Å². The normalized spacial score (nSPS) is 31.0. The molecule has 1 spiro atoms. The van der Waals surface area contributed by atoms with Crippen molar-refractivity contribution in [3.05, 3.63) is 71.3 Å². The van der Waals surface area contributed by atoms with E-state index >= 15 is 0 Å². The number of ether oxygens (including phenoxy) is 1. The molecular weight excluding hydrogens is 489 g/mol. The fourth-order valence-corrected chi connectivity index (χ4v) is 8.01. The second kappa shape index (κ2) is 9.87. The number of phenols is 1. The smallest absolute Gasteiger partial charge is 0.472 e. The summed E-state index contributed by atoms with van der Waals surface area (Å²) in [5.74, 6) is 0.826. The molecule has 4 aliphatic rings. The minimum absolute atomic E-state index is 0.119. The molecule has 2 bridgehead atoms. The molecule has 2 aromatic rings. The third-order valence-electron chi connectivity index (χ3n) is 8.84. The Morgan fingerprint density at radius 1 is 1.11 bits per heavy atom. The number of nitrogens with zero attached hydrogens (tertiary/aromatic N) is 1. The van der Waals surface area contributed by atoms with E-state index in [0.29, 0.717) is 18.2 Å². The van der Waals surface area contributed by atoms with Crippen LogP contribution in [0, 0.1) is 5.92 Å². The zero-order chi connectivity index (χ0) is 25.6. The average molecular weight is 526 g/mol. The molecule has 198 valence electrons. The van der Waals surface area contributed by atoms with Gasteiger partial charge >= 0.3 is 7.82 Å². The predicted octanol–water partition coefficient (Wildman–Crippen LogP) is 5.14. The van der Waals surface area contributed by atoms with Gasteiger partial charge in [-0.15, -0.1) is 0 Å². The lowest BCUT2D eigenvalue weighted by Gasteiger charge is -2.56. The number of aromatic hydroxyl groups is 1. The fourth-order valence-electron chi connectivity index (χ4n) is 7.10. The van der Waals surface area contributed by atoms with E-state index < -0.39 is 20.0 Å². The first-order valence-corrected chi connectivity index (χ1v) is 15.0. The molecule has 8 heteroatoms. The van der Waals surface area contributed by atoms with Crippen molar-refractivity contribution in [2.75, 3.05) is 20.2 Å². The highest BCUT2D eigenvalue weighted by Crippen LogP contribution is 2.63. The van der Waals surface area contributed by atoms with Gasteiger partial charge < -0.3 is 19.6 Å². The van der Waals surface area contributed by atoms with E-state index in [-0.39, 0.29) is 23.7 Å². The molecule has 1 saturated heterocycles. The minimum Gasteiger partial charge on any atom is -0.504 e. The van der Waals surface area contributed by atoms with Crippen LogP contribution in [0.5, 0.6) is 11.5 Å². The van der Waals surface area contributed by atoms with Crippen molar-refractivity contribution in [2.45, 2.75) is 68.6 Å². The summed E-state index contributed by atoms with van der Waals surface area (Å²) < 4.78 is 30.4. The number of unbranched alkanes of at least 4 members (excludes halogenated alkanes) is 3. The van der Waals surface area contributed by atoms with Gasteiger partial charge in [0.2, 0.25) is 0 Å². The summed E-state index contributed by atoms with van der Waals surface area (Å²) in [6, 6.07) is 14.4. The first-order chi connectivity index (χ1) is 17.9. The summed E-state index contributed by atoms with van der Waals surface area (Å²) in [6.45, 7) is 1.07. The van der Waals surface area contributed by atoms with Gasteiger partial charge in [-0.3, -0.25) is 9.05 Å². The van der Waals surface area contributed by atoms with Crippen molar-refractivity contribution in [3.63, 3.8) is 0 Å². The van der Waals surface area contributed by atoms with Gasteiger partial charge in [0.15, 0.2) is 11.5 Å². The Hall–Kier alpha value is -2.15. The van der Waals surface area contributed by atoms with E-state index in [2.05, 4.69) is 42.3 Å². The standard InChI is InChI=1S/C29H36NO6P/c1-30-17-16-29-22-13-15-25(28(29)35-27-24(31)14-12-21(26(27)29)19-23(22)30)36-37(32,33)34-18-8-3-2-5-9-20-10-6-4-7-11-20/h4,6-7,10-15,22-23,25,28,31H,2-3,5,8-9,16-19H2,1H3,(H,32,33). The van der Waals surface area contributed by atoms with Gasteiger partial charge in [0.25, 0.3) is 0 Å². The van der Waals surface area contributed by atoms with Gasteiger partial charge in [-0.05, 0) is 62.9 Å². The van der Waals surface area contributed by atoms with Crippen LogP contribution < -0.4 is 4.74 Å². The SMILES string of the molecule is CN1CCC23c4c5ccc(O)c4OC2C(OP(=O)(O)OCCCCCCc2ccccc2)C=CC3C1C5. The number of hydrogen-bond donors (Lipinski definition) is 2. The molecule has 37 heavy (non-hydrogen) atoms. The Balaban J connectivity index is 1.09. The summed E-state index contributed by atoms with van der Waals surface area (Å²) in [6.07, 6.45) is 9.30. The van der Waals surface area contributed by atoms with Gasteiger partial charge in [-0.2, -0.15) is 0 Å². The highest BCUT2D eigenvalue weighted by molar-refractivity contribution is 7.47. The van der Waals surface area contributed by atoms with Crippen LogP contribution in [-0.4, -0.2) is 53.3 Å². The molecule has 0 amide bonds. The Morgan fingerprint density at radius 3 is 2.76 bits per heavy atom. The number of phosphoric acid groups is 1. The van der Waals surface area contributed by atoms with E-state index in [0.717, 1.165) is 50.6 Å². The Morgan fingerprint density at radius 2 is 1.92 bits per heavy atom. The summed E-state index contributed by atoms with van der Waals surface area (Å²) in [4.78, 5) is 13.0. The van der Waals surface area contributed by atoms with Gasteiger partial charge in [-0.1, -0.05) is 61.4 Å². The number of benzene rings is 2. The highest BCUT2D eigenvalue weighted by atomic mass is 31.2. The van der Waals surface area contributed by atoms with Crippen LogP contribution in [0.4, 0.5) is 0 Å². The molecule has 6 atom stereocenters. The quantitative estimate of drug-likeness (QED) is 0.252. The van der Waals surface area contributed by atoms with E-state index in [4.69, 9.17) is 13.8 Å². The number of rotatable bonds is 10. The van der Waals surface area contributed by atoms with Crippen molar-refractivity contribution in [1.29, 1.82) is 0 Å². The number of likely N-dealkylation sites (tertiary alicyclic amines) is 1. The second-order valence-electron chi connectivity index (χ2n) is 11.0. The van der Waals surface area contributed by atoms with Crippen LogP contribution in [-0.2, 0) is 31.9 Å². The summed E-state index contributed by atoms with van der Waals surface area (Å²) in [7, 11) is -2.13. The maximum absolute atomic E-state index is 12.9. The van der Waals surface area contributed by atoms with Crippen LogP contribution >= 0.6 is 7.82 Å². The highest BCUT2D eigenvalue weighted by Gasteiger charge is 2.65. The van der Waals surface area contributed by atoms with Crippen molar-refractivity contribution in [1.82, 2.24) is 4.90 Å². The van der Waals surface area contributed by atoms with E-state index in [1.54, 1.807) is 6.07 Å². The van der Waals surface area contributed by atoms with Crippen LogP contribution in [0.15, 0.2) is 54.6 Å². The lowest BCUT2D eigenvalue weighted by molar-refractivity contribution is -0.0461. The molecule has 0 radical (unpaired) electrons. The summed E-state index contributed by atoms with van der Waals surface area (Å²) in [5, 5.41) is 10.6. The van der Waals surface area contributed by atoms with Crippen LogP contribution in [0.1, 0.15) is 48.8 Å². The third kappa shape index (κ3) is 4.45. The third-order valence-corrected chi connectivity index (χ3v) is 9.86. The zero-order valence-electron chi connectivity index (χ0n) is 21.3. The minimum atomic E-state index is -4.29. The Bertz CT molecular complexity index is 1220. The number of hydrogen-bond acceptors (Lipinski definition) is 6. The molecule has 7 nitrogen and oxygen atoms in total.